The van der Waals surface area contributed by atoms with E-state index >= 15 is 0 Å². The Morgan fingerprint density at radius 3 is 2.22 bits per heavy atom. The molecule has 3 nitrogen and oxygen atoms in total. The molecule has 2 aromatic carbocycles. The number of hydrogen-bond acceptors (Lipinski definition) is 4. The molecule has 0 amide bonds. The summed E-state index contributed by atoms with van der Waals surface area (Å²) >= 11 is 1.60. The van der Waals surface area contributed by atoms with Crippen LogP contribution in [0.5, 0.6) is 0 Å². The number of nitrogens with zero attached hydrogens (tertiary/aromatic N) is 3. The molecular weight excluding hydrogens is 357 g/mol. The first-order chi connectivity index (χ1) is 13.3. The van der Waals surface area contributed by atoms with Gasteiger partial charge in [0.2, 0.25) is 0 Å². The van der Waals surface area contributed by atoms with Crippen LogP contribution in [0.25, 0.3) is 11.3 Å². The molecule has 3 aromatic rings. The van der Waals surface area contributed by atoms with E-state index in [1.807, 2.05) is 12.1 Å². The topological polar surface area (TPSA) is 29.0 Å². The lowest BCUT2D eigenvalue weighted by Gasteiger charge is -2.28. The fourth-order valence-corrected chi connectivity index (χ4v) is 4.05. The Hall–Kier alpha value is -2.40. The third-order valence-corrected chi connectivity index (χ3v) is 5.82. The summed E-state index contributed by atoms with van der Waals surface area (Å²) in [4.78, 5) is 2.45. The van der Waals surface area contributed by atoms with Crippen molar-refractivity contribution in [3.8, 4) is 11.3 Å². The number of anilines is 1. The Kier molecular flexibility index (Phi) is 5.68. The summed E-state index contributed by atoms with van der Waals surface area (Å²) in [6.07, 6.45) is 3.91. The van der Waals surface area contributed by atoms with Crippen molar-refractivity contribution in [3.05, 3.63) is 72.0 Å². The lowest BCUT2D eigenvalue weighted by Crippen LogP contribution is -2.29. The molecule has 27 heavy (non-hydrogen) atoms. The van der Waals surface area contributed by atoms with Crippen LogP contribution in [0.2, 0.25) is 0 Å². The van der Waals surface area contributed by atoms with Crippen LogP contribution in [0.15, 0.2) is 65.7 Å². The Morgan fingerprint density at radius 1 is 0.815 bits per heavy atom. The van der Waals surface area contributed by atoms with Crippen molar-refractivity contribution in [2.45, 2.75) is 30.0 Å². The highest BCUT2D eigenvalue weighted by atomic mass is 32.2. The minimum atomic E-state index is -0.209. The number of piperidine rings is 1. The van der Waals surface area contributed by atoms with Gasteiger partial charge in [-0.25, -0.2) is 4.39 Å². The van der Waals surface area contributed by atoms with E-state index in [9.17, 15) is 4.39 Å². The third-order valence-electron chi connectivity index (χ3n) is 4.82. The predicted molar refractivity (Wildman–Crippen MR) is 109 cm³/mol. The number of rotatable bonds is 5. The van der Waals surface area contributed by atoms with Gasteiger partial charge in [0.05, 0.1) is 5.69 Å². The van der Waals surface area contributed by atoms with Crippen LogP contribution in [0, 0.1) is 5.82 Å². The van der Waals surface area contributed by atoms with Crippen molar-refractivity contribution in [1.82, 2.24) is 10.2 Å². The molecule has 4 rings (SSSR count). The van der Waals surface area contributed by atoms with E-state index in [2.05, 4.69) is 39.4 Å². The van der Waals surface area contributed by atoms with Crippen molar-refractivity contribution >= 4 is 17.4 Å². The molecule has 0 N–H and O–H groups in total. The SMILES string of the molecule is Fc1ccc(CSc2ccc(-c3ccc(N4CCCCC4)cc3)nn2)cc1. The lowest BCUT2D eigenvalue weighted by atomic mass is 10.1. The molecule has 0 radical (unpaired) electrons. The molecule has 5 heteroatoms. The molecule has 0 bridgehead atoms. The van der Waals surface area contributed by atoms with Crippen LogP contribution in [-0.2, 0) is 5.75 Å². The first-order valence-corrected chi connectivity index (χ1v) is 10.3. The van der Waals surface area contributed by atoms with Crippen LogP contribution >= 0.6 is 11.8 Å². The highest BCUT2D eigenvalue weighted by Gasteiger charge is 2.11. The van der Waals surface area contributed by atoms with Gasteiger partial charge in [-0.3, -0.25) is 0 Å². The molecule has 2 heterocycles. The van der Waals surface area contributed by atoms with Crippen LogP contribution in [-0.4, -0.2) is 23.3 Å². The smallest absolute Gasteiger partial charge is 0.123 e. The van der Waals surface area contributed by atoms with Gasteiger partial charge in [0.1, 0.15) is 10.8 Å². The molecule has 0 saturated carbocycles. The molecule has 138 valence electrons. The Morgan fingerprint density at radius 2 is 1.56 bits per heavy atom. The first-order valence-electron chi connectivity index (χ1n) is 9.34. The Bertz CT molecular complexity index is 858. The molecule has 1 fully saturated rings. The second kappa shape index (κ2) is 8.53. The van der Waals surface area contributed by atoms with Crippen molar-refractivity contribution in [2.24, 2.45) is 0 Å². The summed E-state index contributed by atoms with van der Waals surface area (Å²) in [6.45, 7) is 2.30. The zero-order chi connectivity index (χ0) is 18.5. The van der Waals surface area contributed by atoms with Gasteiger partial charge in [0.15, 0.2) is 0 Å². The highest BCUT2D eigenvalue weighted by Crippen LogP contribution is 2.26. The standard InChI is InChI=1S/C22H22FN3S/c23-19-8-4-17(5-9-19)16-27-22-13-12-21(24-25-22)18-6-10-20(11-7-18)26-14-2-1-3-15-26/h4-13H,1-3,14-16H2. The summed E-state index contributed by atoms with van der Waals surface area (Å²) in [5.41, 5.74) is 4.32. The van der Waals surface area contributed by atoms with Crippen LogP contribution < -0.4 is 4.90 Å². The Labute approximate surface area is 163 Å². The number of hydrogen-bond donors (Lipinski definition) is 0. The summed E-state index contributed by atoms with van der Waals surface area (Å²) in [7, 11) is 0. The van der Waals surface area contributed by atoms with Gasteiger partial charge < -0.3 is 4.90 Å². The largest absolute Gasteiger partial charge is 0.372 e. The number of benzene rings is 2. The fraction of sp³-hybridized carbons (Fsp3) is 0.273. The maximum Gasteiger partial charge on any atom is 0.123 e. The van der Waals surface area contributed by atoms with E-state index < -0.39 is 0 Å². The van der Waals surface area contributed by atoms with Gasteiger partial charge in [-0.05, 0) is 61.2 Å². The van der Waals surface area contributed by atoms with E-state index in [1.54, 1.807) is 23.9 Å². The lowest BCUT2D eigenvalue weighted by molar-refractivity contribution is 0.578. The van der Waals surface area contributed by atoms with Crippen molar-refractivity contribution in [1.29, 1.82) is 0 Å². The summed E-state index contributed by atoms with van der Waals surface area (Å²) in [5, 5.41) is 9.57. The average molecular weight is 380 g/mol. The number of aromatic nitrogens is 2. The third kappa shape index (κ3) is 4.66. The molecule has 0 aliphatic carbocycles. The van der Waals surface area contributed by atoms with Crippen LogP contribution in [0.1, 0.15) is 24.8 Å². The second-order valence-corrected chi connectivity index (χ2v) is 7.76. The number of halogens is 1. The summed E-state index contributed by atoms with van der Waals surface area (Å²) < 4.78 is 13.0. The van der Waals surface area contributed by atoms with Gasteiger partial charge in [0, 0.05) is 30.1 Å². The summed E-state index contributed by atoms with van der Waals surface area (Å²) in [6, 6.07) is 19.2. The predicted octanol–water partition coefficient (Wildman–Crippen LogP) is 5.57. The summed E-state index contributed by atoms with van der Waals surface area (Å²) in [5.74, 6) is 0.540. The average Bonchev–Trinajstić information content (AvgIpc) is 2.75. The highest BCUT2D eigenvalue weighted by molar-refractivity contribution is 7.98. The van der Waals surface area contributed by atoms with Gasteiger partial charge in [-0.2, -0.15) is 0 Å². The second-order valence-electron chi connectivity index (χ2n) is 6.77. The first kappa shape index (κ1) is 18.0. The van der Waals surface area contributed by atoms with Gasteiger partial charge >= 0.3 is 0 Å². The van der Waals surface area contributed by atoms with Crippen molar-refractivity contribution in [3.63, 3.8) is 0 Å². The minimum absolute atomic E-state index is 0.209. The molecular formula is C22H22FN3S. The molecule has 1 aliphatic heterocycles. The molecule has 1 aromatic heterocycles. The molecule has 0 spiro atoms. The van der Waals surface area contributed by atoms with E-state index in [0.29, 0.717) is 0 Å². The fourth-order valence-electron chi connectivity index (χ4n) is 3.28. The zero-order valence-electron chi connectivity index (χ0n) is 15.1. The van der Waals surface area contributed by atoms with E-state index in [4.69, 9.17) is 0 Å². The quantitative estimate of drug-likeness (QED) is 0.542. The molecule has 1 saturated heterocycles. The van der Waals surface area contributed by atoms with Crippen molar-refractivity contribution in [2.75, 3.05) is 18.0 Å². The van der Waals surface area contributed by atoms with Crippen LogP contribution in [0.3, 0.4) is 0 Å². The van der Waals surface area contributed by atoms with E-state index in [-0.39, 0.29) is 5.82 Å². The van der Waals surface area contributed by atoms with Gasteiger partial charge in [0.25, 0.3) is 0 Å². The molecule has 0 unspecified atom stereocenters. The number of thioether (sulfide) groups is 1. The van der Waals surface area contributed by atoms with Crippen molar-refractivity contribution < 1.29 is 4.39 Å². The molecule has 0 atom stereocenters. The Balaban J connectivity index is 1.38. The normalized spacial score (nSPS) is 14.3. The van der Waals surface area contributed by atoms with E-state index in [1.165, 1.54) is 37.1 Å². The van der Waals surface area contributed by atoms with Crippen LogP contribution in [0.4, 0.5) is 10.1 Å². The minimum Gasteiger partial charge on any atom is -0.372 e. The maximum absolute atomic E-state index is 13.0. The van der Waals surface area contributed by atoms with E-state index in [0.717, 1.165) is 40.7 Å². The van der Waals surface area contributed by atoms with Gasteiger partial charge in [-0.15, -0.1) is 10.2 Å². The maximum atomic E-state index is 13.0. The molecule has 1 aliphatic rings. The monoisotopic (exact) mass is 379 g/mol. The zero-order valence-corrected chi connectivity index (χ0v) is 16.0. The van der Waals surface area contributed by atoms with Gasteiger partial charge in [-0.1, -0.05) is 36.0 Å².